The zero-order valence-corrected chi connectivity index (χ0v) is 15.8. The van der Waals surface area contributed by atoms with Gasteiger partial charge >= 0.3 is 0 Å². The number of imidazole rings is 1. The summed E-state index contributed by atoms with van der Waals surface area (Å²) in [4.78, 5) is 9.24. The molecule has 0 radical (unpaired) electrons. The van der Waals surface area contributed by atoms with Crippen LogP contribution < -0.4 is 10.6 Å². The number of thioether (sulfide) groups is 1. The molecule has 1 atom stereocenters. The minimum Gasteiger partial charge on any atom is -0.357 e. The van der Waals surface area contributed by atoms with Gasteiger partial charge in [0.25, 0.3) is 0 Å². The Labute approximate surface area is 152 Å². The Morgan fingerprint density at radius 1 is 1.42 bits per heavy atom. The van der Waals surface area contributed by atoms with Gasteiger partial charge in [-0.25, -0.2) is 9.98 Å². The first-order valence-corrected chi connectivity index (χ1v) is 9.74. The second-order valence-electron chi connectivity index (χ2n) is 6.30. The molecule has 0 aromatic carbocycles. The summed E-state index contributed by atoms with van der Waals surface area (Å²) >= 11 is 8.07. The molecule has 0 saturated carbocycles. The van der Waals surface area contributed by atoms with E-state index >= 15 is 0 Å². The van der Waals surface area contributed by atoms with Crippen LogP contribution in [0.4, 0.5) is 0 Å². The molecule has 5 nitrogen and oxygen atoms in total. The van der Waals surface area contributed by atoms with Crippen molar-refractivity contribution < 1.29 is 0 Å². The number of pyridine rings is 1. The van der Waals surface area contributed by atoms with Crippen molar-refractivity contribution in [3.63, 3.8) is 0 Å². The van der Waals surface area contributed by atoms with Crippen LogP contribution in [0.25, 0.3) is 5.65 Å². The Bertz CT molecular complexity index is 721. The number of nitrogens with zero attached hydrogens (tertiary/aromatic N) is 3. The van der Waals surface area contributed by atoms with Crippen molar-refractivity contribution in [1.29, 1.82) is 0 Å². The Morgan fingerprint density at radius 3 is 3.04 bits per heavy atom. The van der Waals surface area contributed by atoms with Crippen LogP contribution in [0.15, 0.2) is 29.5 Å². The molecule has 3 rings (SSSR count). The number of aromatic nitrogens is 2. The summed E-state index contributed by atoms with van der Waals surface area (Å²) in [5.74, 6) is 2.11. The van der Waals surface area contributed by atoms with Gasteiger partial charge in [0, 0.05) is 30.2 Å². The quantitative estimate of drug-likeness (QED) is 0.630. The van der Waals surface area contributed by atoms with E-state index in [2.05, 4.69) is 46.2 Å². The molecule has 0 aliphatic carbocycles. The van der Waals surface area contributed by atoms with E-state index in [0.29, 0.717) is 16.3 Å². The van der Waals surface area contributed by atoms with Gasteiger partial charge in [-0.3, -0.25) is 0 Å². The van der Waals surface area contributed by atoms with Crippen LogP contribution in [0, 0.1) is 0 Å². The first-order chi connectivity index (χ1) is 11.6. The lowest BCUT2D eigenvalue weighted by Gasteiger charge is -2.24. The third-order valence-electron chi connectivity index (χ3n) is 4.14. The molecule has 1 aliphatic rings. The van der Waals surface area contributed by atoms with Gasteiger partial charge in [-0.05, 0) is 44.6 Å². The van der Waals surface area contributed by atoms with E-state index in [1.54, 1.807) is 0 Å². The molecule has 0 amide bonds. The van der Waals surface area contributed by atoms with Crippen molar-refractivity contribution in [2.24, 2.45) is 4.99 Å². The van der Waals surface area contributed by atoms with Gasteiger partial charge in [-0.1, -0.05) is 11.6 Å². The normalized spacial score (nSPS) is 21.4. The topological polar surface area (TPSA) is 53.7 Å². The number of aliphatic imine (C=N–C) groups is 1. The average Bonchev–Trinajstić information content (AvgIpc) is 3.16. The van der Waals surface area contributed by atoms with Gasteiger partial charge in [-0.15, -0.1) is 0 Å². The lowest BCUT2D eigenvalue weighted by molar-refractivity contribution is 0.584. The van der Waals surface area contributed by atoms with Gasteiger partial charge in [0.2, 0.25) is 0 Å². The van der Waals surface area contributed by atoms with Gasteiger partial charge in [0.1, 0.15) is 5.65 Å². The standard InChI is InChI=1S/C17H24ClN5S/c1-3-19-16(21-12-17(2)7-4-8-24-17)20-9-14-11-23-10-13(18)5-6-15(23)22-14/h5-6,10-11H,3-4,7-9,12H2,1-2H3,(H2,19,20,21). The van der Waals surface area contributed by atoms with Crippen LogP contribution >= 0.6 is 23.4 Å². The summed E-state index contributed by atoms with van der Waals surface area (Å²) in [6.45, 7) is 6.72. The Hall–Kier alpha value is -1.40. The summed E-state index contributed by atoms with van der Waals surface area (Å²) < 4.78 is 2.25. The maximum absolute atomic E-state index is 6.02. The minimum atomic E-state index is 0.316. The van der Waals surface area contributed by atoms with Gasteiger partial charge < -0.3 is 15.0 Å². The summed E-state index contributed by atoms with van der Waals surface area (Å²) in [5, 5.41) is 7.49. The zero-order valence-electron chi connectivity index (χ0n) is 14.2. The molecule has 2 aromatic heterocycles. The molecule has 1 fully saturated rings. The molecule has 2 aromatic rings. The molecular weight excluding hydrogens is 342 g/mol. The van der Waals surface area contributed by atoms with Crippen molar-refractivity contribution in [3.8, 4) is 0 Å². The lowest BCUT2D eigenvalue weighted by atomic mass is 10.1. The zero-order chi connectivity index (χ0) is 17.0. The van der Waals surface area contributed by atoms with Gasteiger partial charge in [-0.2, -0.15) is 11.8 Å². The fourth-order valence-electron chi connectivity index (χ4n) is 2.84. The summed E-state index contributed by atoms with van der Waals surface area (Å²) in [7, 11) is 0. The molecule has 0 spiro atoms. The first kappa shape index (κ1) is 17.4. The first-order valence-electron chi connectivity index (χ1n) is 8.37. The summed E-state index contributed by atoms with van der Waals surface area (Å²) in [5.41, 5.74) is 1.81. The van der Waals surface area contributed by atoms with E-state index in [1.165, 1.54) is 18.6 Å². The van der Waals surface area contributed by atoms with Crippen LogP contribution in [-0.4, -0.2) is 38.9 Å². The van der Waals surface area contributed by atoms with E-state index in [9.17, 15) is 0 Å². The predicted octanol–water partition coefficient (Wildman–Crippen LogP) is 3.33. The predicted molar refractivity (Wildman–Crippen MR) is 103 cm³/mol. The van der Waals surface area contributed by atoms with Crippen molar-refractivity contribution >= 4 is 35.0 Å². The molecule has 2 N–H and O–H groups in total. The number of hydrogen-bond acceptors (Lipinski definition) is 3. The second-order valence-corrected chi connectivity index (χ2v) is 8.41. The molecule has 3 heterocycles. The van der Waals surface area contributed by atoms with Crippen molar-refractivity contribution in [1.82, 2.24) is 20.0 Å². The number of nitrogens with one attached hydrogen (secondary N) is 2. The van der Waals surface area contributed by atoms with Crippen LogP contribution in [-0.2, 0) is 6.54 Å². The lowest BCUT2D eigenvalue weighted by Crippen LogP contribution is -2.43. The van der Waals surface area contributed by atoms with E-state index in [-0.39, 0.29) is 0 Å². The second kappa shape index (κ2) is 7.66. The maximum Gasteiger partial charge on any atom is 0.191 e. The average molecular weight is 366 g/mol. The van der Waals surface area contributed by atoms with Crippen LogP contribution in [0.1, 0.15) is 32.4 Å². The number of fused-ring (bicyclic) bond motifs is 1. The van der Waals surface area contributed by atoms with Crippen molar-refractivity contribution in [2.45, 2.75) is 38.0 Å². The third kappa shape index (κ3) is 4.36. The van der Waals surface area contributed by atoms with Crippen LogP contribution in [0.3, 0.4) is 0 Å². The van der Waals surface area contributed by atoms with Crippen molar-refractivity contribution in [2.75, 3.05) is 18.8 Å². The van der Waals surface area contributed by atoms with E-state index in [1.807, 2.05) is 28.9 Å². The van der Waals surface area contributed by atoms with Crippen LogP contribution in [0.2, 0.25) is 5.02 Å². The number of hydrogen-bond donors (Lipinski definition) is 2. The maximum atomic E-state index is 6.02. The third-order valence-corrected chi connectivity index (χ3v) is 5.90. The fraction of sp³-hybridized carbons (Fsp3) is 0.529. The Kier molecular flexibility index (Phi) is 5.56. The highest BCUT2D eigenvalue weighted by Crippen LogP contribution is 2.36. The number of rotatable bonds is 5. The van der Waals surface area contributed by atoms with Gasteiger partial charge in [0.15, 0.2) is 5.96 Å². The number of guanidine groups is 1. The fourth-order valence-corrected chi connectivity index (χ4v) is 4.25. The molecule has 0 bridgehead atoms. The van der Waals surface area contributed by atoms with E-state index in [0.717, 1.165) is 30.4 Å². The molecule has 24 heavy (non-hydrogen) atoms. The molecule has 1 unspecified atom stereocenters. The highest BCUT2D eigenvalue weighted by atomic mass is 35.5. The smallest absolute Gasteiger partial charge is 0.191 e. The molecule has 7 heteroatoms. The van der Waals surface area contributed by atoms with E-state index < -0.39 is 0 Å². The Balaban J connectivity index is 1.65. The largest absolute Gasteiger partial charge is 0.357 e. The minimum absolute atomic E-state index is 0.316. The molecular formula is C17H24ClN5S. The highest BCUT2D eigenvalue weighted by molar-refractivity contribution is 8.00. The van der Waals surface area contributed by atoms with E-state index in [4.69, 9.17) is 11.6 Å². The molecule has 1 saturated heterocycles. The SMILES string of the molecule is CCNC(=NCc1cn2cc(Cl)ccc2n1)NCC1(C)CCCS1. The Morgan fingerprint density at radius 2 is 2.29 bits per heavy atom. The summed E-state index contributed by atoms with van der Waals surface area (Å²) in [6.07, 6.45) is 6.40. The molecule has 1 aliphatic heterocycles. The highest BCUT2D eigenvalue weighted by Gasteiger charge is 2.29. The number of halogens is 1. The molecule has 130 valence electrons. The summed E-state index contributed by atoms with van der Waals surface area (Å²) in [6, 6.07) is 3.76. The monoisotopic (exact) mass is 365 g/mol. The van der Waals surface area contributed by atoms with Crippen molar-refractivity contribution in [3.05, 3.63) is 35.2 Å². The van der Waals surface area contributed by atoms with Gasteiger partial charge in [0.05, 0.1) is 17.3 Å². The van der Waals surface area contributed by atoms with Crippen LogP contribution in [0.5, 0.6) is 0 Å².